The van der Waals surface area contributed by atoms with Crippen LogP contribution in [0.5, 0.6) is 0 Å². The van der Waals surface area contributed by atoms with E-state index in [1.54, 1.807) is 23.2 Å². The monoisotopic (exact) mass is 483 g/mol. The molecule has 1 atom stereocenters. The molecule has 7 nitrogen and oxygen atoms in total. The fraction of sp³-hybridized carbons (Fsp3) is 0.500. The van der Waals surface area contributed by atoms with E-state index in [1.165, 1.54) is 16.0 Å². The van der Waals surface area contributed by atoms with Gasteiger partial charge in [-0.25, -0.2) is 0 Å². The van der Waals surface area contributed by atoms with E-state index in [-0.39, 0.29) is 36.7 Å². The van der Waals surface area contributed by atoms with Gasteiger partial charge in [0.1, 0.15) is 0 Å². The Labute approximate surface area is 205 Å². The average Bonchev–Trinajstić information content (AvgIpc) is 3.18. The van der Waals surface area contributed by atoms with Crippen molar-refractivity contribution < 1.29 is 19.1 Å². The summed E-state index contributed by atoms with van der Waals surface area (Å²) in [7, 11) is 0. The molecule has 0 spiro atoms. The van der Waals surface area contributed by atoms with Gasteiger partial charge in [-0.1, -0.05) is 30.3 Å². The zero-order valence-electron chi connectivity index (χ0n) is 19.8. The van der Waals surface area contributed by atoms with E-state index in [4.69, 9.17) is 4.74 Å². The fourth-order valence-corrected chi connectivity index (χ4v) is 5.76. The second-order valence-corrected chi connectivity index (χ2v) is 9.75. The van der Waals surface area contributed by atoms with Crippen LogP contribution >= 0.6 is 11.3 Å². The SMILES string of the molecule is CCOC(=O)CCC(=O)N1CCCN(C(=O)CN2CCc3sccc3C2c2ccccc2)CC1. The van der Waals surface area contributed by atoms with Crippen LogP contribution in [0.25, 0.3) is 0 Å². The lowest BCUT2D eigenvalue weighted by Gasteiger charge is -2.37. The van der Waals surface area contributed by atoms with Gasteiger partial charge < -0.3 is 14.5 Å². The number of nitrogens with zero attached hydrogens (tertiary/aromatic N) is 3. The molecule has 0 saturated carbocycles. The number of benzene rings is 1. The Balaban J connectivity index is 1.36. The molecule has 1 aromatic carbocycles. The van der Waals surface area contributed by atoms with Crippen LogP contribution in [0.1, 0.15) is 48.2 Å². The first-order valence-electron chi connectivity index (χ1n) is 12.1. The van der Waals surface area contributed by atoms with Gasteiger partial charge in [-0.15, -0.1) is 11.3 Å². The predicted octanol–water partition coefficient (Wildman–Crippen LogP) is 3.10. The van der Waals surface area contributed by atoms with E-state index in [2.05, 4.69) is 40.6 Å². The maximum Gasteiger partial charge on any atom is 0.306 e. The Morgan fingerprint density at radius 3 is 2.41 bits per heavy atom. The number of ether oxygens (including phenoxy) is 1. The van der Waals surface area contributed by atoms with Gasteiger partial charge in [0.05, 0.1) is 25.6 Å². The second-order valence-electron chi connectivity index (χ2n) is 8.75. The molecule has 0 bridgehead atoms. The molecule has 2 amide bonds. The highest BCUT2D eigenvalue weighted by Crippen LogP contribution is 2.37. The van der Waals surface area contributed by atoms with Crippen molar-refractivity contribution in [1.29, 1.82) is 0 Å². The van der Waals surface area contributed by atoms with E-state index < -0.39 is 0 Å². The Hall–Kier alpha value is -2.71. The van der Waals surface area contributed by atoms with Gasteiger partial charge in [0, 0.05) is 44.0 Å². The number of hydrogen-bond donors (Lipinski definition) is 0. The zero-order chi connectivity index (χ0) is 23.9. The average molecular weight is 484 g/mol. The molecule has 1 saturated heterocycles. The molecule has 0 N–H and O–H groups in total. The van der Waals surface area contributed by atoms with Crippen molar-refractivity contribution >= 4 is 29.1 Å². The Morgan fingerprint density at radius 2 is 1.68 bits per heavy atom. The highest BCUT2D eigenvalue weighted by Gasteiger charge is 2.32. The lowest BCUT2D eigenvalue weighted by atomic mass is 9.93. The van der Waals surface area contributed by atoms with Crippen LogP contribution in [-0.2, 0) is 25.5 Å². The number of thiophene rings is 1. The topological polar surface area (TPSA) is 70.2 Å². The molecule has 2 aromatic rings. The first-order chi connectivity index (χ1) is 16.6. The highest BCUT2D eigenvalue weighted by atomic mass is 32.1. The van der Waals surface area contributed by atoms with Crippen LogP contribution in [-0.4, -0.2) is 78.4 Å². The number of esters is 1. The van der Waals surface area contributed by atoms with E-state index >= 15 is 0 Å². The summed E-state index contributed by atoms with van der Waals surface area (Å²) in [6, 6.07) is 12.7. The van der Waals surface area contributed by atoms with Crippen LogP contribution < -0.4 is 0 Å². The van der Waals surface area contributed by atoms with Gasteiger partial charge >= 0.3 is 5.97 Å². The quantitative estimate of drug-likeness (QED) is 0.566. The Morgan fingerprint density at radius 1 is 0.941 bits per heavy atom. The fourth-order valence-electron chi connectivity index (χ4n) is 4.85. The molecule has 1 aromatic heterocycles. The molecule has 2 aliphatic rings. The summed E-state index contributed by atoms with van der Waals surface area (Å²) in [5, 5.41) is 2.15. The standard InChI is InChI=1S/C26H33N3O4S/c1-2-33-25(32)10-9-23(30)27-13-6-14-28(17-16-27)24(31)19-29-15-11-22-21(12-18-34-22)26(29)20-7-4-3-5-8-20/h3-5,7-8,12,18,26H,2,6,9-11,13-17,19H2,1H3. The minimum absolute atomic E-state index is 0.0486. The maximum absolute atomic E-state index is 13.3. The summed E-state index contributed by atoms with van der Waals surface area (Å²) < 4.78 is 4.92. The number of rotatable bonds is 7. The molecule has 8 heteroatoms. The van der Waals surface area contributed by atoms with Crippen molar-refractivity contribution in [1.82, 2.24) is 14.7 Å². The highest BCUT2D eigenvalue weighted by molar-refractivity contribution is 7.10. The number of carbonyl (C=O) groups excluding carboxylic acids is 3. The van der Waals surface area contributed by atoms with Crippen LogP contribution in [0.15, 0.2) is 41.8 Å². The molecular weight excluding hydrogens is 450 g/mol. The van der Waals surface area contributed by atoms with Crippen molar-refractivity contribution in [2.24, 2.45) is 0 Å². The normalized spacial score (nSPS) is 18.8. The first kappa shape index (κ1) is 24.4. The van der Waals surface area contributed by atoms with E-state index in [1.807, 2.05) is 11.0 Å². The second kappa shape index (κ2) is 11.6. The predicted molar refractivity (Wildman–Crippen MR) is 132 cm³/mol. The molecule has 4 rings (SSSR count). The largest absolute Gasteiger partial charge is 0.466 e. The zero-order valence-corrected chi connectivity index (χ0v) is 20.6. The number of amides is 2. The molecule has 1 fully saturated rings. The van der Waals surface area contributed by atoms with Crippen LogP contribution in [0.2, 0.25) is 0 Å². The summed E-state index contributed by atoms with van der Waals surface area (Å²) in [5.74, 6) is -0.279. The van der Waals surface area contributed by atoms with Gasteiger partial charge in [-0.3, -0.25) is 19.3 Å². The minimum Gasteiger partial charge on any atom is -0.466 e. The van der Waals surface area contributed by atoms with Crippen molar-refractivity contribution in [2.75, 3.05) is 45.9 Å². The number of hydrogen-bond acceptors (Lipinski definition) is 6. The summed E-state index contributed by atoms with van der Waals surface area (Å²) in [4.78, 5) is 44.8. The van der Waals surface area contributed by atoms with Gasteiger partial charge in [-0.05, 0) is 42.3 Å². The molecule has 1 unspecified atom stereocenters. The van der Waals surface area contributed by atoms with E-state index in [9.17, 15) is 14.4 Å². The van der Waals surface area contributed by atoms with Crippen LogP contribution in [0, 0.1) is 0 Å². The Bertz CT molecular complexity index is 993. The van der Waals surface area contributed by atoms with Crippen LogP contribution in [0.3, 0.4) is 0 Å². The number of carbonyl (C=O) groups is 3. The summed E-state index contributed by atoms with van der Waals surface area (Å²) in [6.45, 7) is 5.58. The van der Waals surface area contributed by atoms with Gasteiger partial charge in [0.25, 0.3) is 0 Å². The third kappa shape index (κ3) is 5.85. The molecule has 3 heterocycles. The Kier molecular flexibility index (Phi) is 8.34. The smallest absolute Gasteiger partial charge is 0.306 e. The van der Waals surface area contributed by atoms with E-state index in [0.717, 1.165) is 19.4 Å². The lowest BCUT2D eigenvalue weighted by Crippen LogP contribution is -2.45. The summed E-state index contributed by atoms with van der Waals surface area (Å²) in [5.41, 5.74) is 2.52. The van der Waals surface area contributed by atoms with Crippen molar-refractivity contribution in [3.05, 3.63) is 57.8 Å². The van der Waals surface area contributed by atoms with Crippen LogP contribution in [0.4, 0.5) is 0 Å². The summed E-state index contributed by atoms with van der Waals surface area (Å²) >= 11 is 1.80. The molecule has 0 aliphatic carbocycles. The minimum atomic E-state index is -0.342. The van der Waals surface area contributed by atoms with E-state index in [0.29, 0.717) is 39.3 Å². The molecular formula is C26H33N3O4S. The van der Waals surface area contributed by atoms with Gasteiger partial charge in [0.15, 0.2) is 0 Å². The summed E-state index contributed by atoms with van der Waals surface area (Å²) in [6.07, 6.45) is 1.97. The molecule has 182 valence electrons. The van der Waals surface area contributed by atoms with Crippen molar-refractivity contribution in [2.45, 2.75) is 38.6 Å². The van der Waals surface area contributed by atoms with Crippen molar-refractivity contribution in [3.63, 3.8) is 0 Å². The van der Waals surface area contributed by atoms with Gasteiger partial charge in [0.2, 0.25) is 11.8 Å². The first-order valence-corrected chi connectivity index (χ1v) is 13.0. The lowest BCUT2D eigenvalue weighted by molar-refractivity contribution is -0.145. The maximum atomic E-state index is 13.3. The third-order valence-corrected chi connectivity index (χ3v) is 7.57. The van der Waals surface area contributed by atoms with Crippen molar-refractivity contribution in [3.8, 4) is 0 Å². The third-order valence-electron chi connectivity index (χ3n) is 6.57. The molecule has 2 aliphatic heterocycles. The van der Waals surface area contributed by atoms with Gasteiger partial charge in [-0.2, -0.15) is 0 Å². The molecule has 0 radical (unpaired) electrons. The molecule has 34 heavy (non-hydrogen) atoms. The number of fused-ring (bicyclic) bond motifs is 1.